The van der Waals surface area contributed by atoms with Crippen LogP contribution < -0.4 is 10.6 Å². The molecule has 0 radical (unpaired) electrons. The van der Waals surface area contributed by atoms with Crippen LogP contribution in [0.1, 0.15) is 18.5 Å². The average Bonchev–Trinajstić information content (AvgIpc) is 2.74. The zero-order valence-corrected chi connectivity index (χ0v) is 15.5. The largest absolute Gasteiger partial charge is 0.505 e. The fraction of sp³-hybridized carbons (Fsp3) is 0.143. The Kier molecular flexibility index (Phi) is 6.47. The number of hydrogen-bond acceptors (Lipinski definition) is 7. The summed E-state index contributed by atoms with van der Waals surface area (Å²) in [5, 5.41) is 13.8. The van der Waals surface area contributed by atoms with Crippen LogP contribution in [0.2, 0.25) is 0 Å². The highest BCUT2D eigenvalue weighted by Crippen LogP contribution is 2.22. The lowest BCUT2D eigenvalue weighted by Crippen LogP contribution is -2.08. The maximum Gasteiger partial charge on any atom is 0.166 e. The van der Waals surface area contributed by atoms with Crippen molar-refractivity contribution in [2.45, 2.75) is 12.8 Å². The molecule has 1 aromatic heterocycles. The molecular formula is C21H19FN4O3. The third-order valence-electron chi connectivity index (χ3n) is 4.06. The number of benzene rings is 2. The minimum absolute atomic E-state index is 0.304. The second-order valence-corrected chi connectivity index (χ2v) is 6.12. The van der Waals surface area contributed by atoms with E-state index in [-0.39, 0.29) is 0 Å². The molecule has 148 valence electrons. The normalized spacial score (nSPS) is 11.8. The summed E-state index contributed by atoms with van der Waals surface area (Å²) in [5.41, 5.74) is 1.84. The molecule has 8 heteroatoms. The van der Waals surface area contributed by atoms with E-state index >= 15 is 0 Å². The predicted molar refractivity (Wildman–Crippen MR) is 109 cm³/mol. The Hall–Kier alpha value is -3.81. The number of aliphatic imine (C=N–C) groups is 1. The Bertz CT molecular complexity index is 1080. The summed E-state index contributed by atoms with van der Waals surface area (Å²) in [4.78, 5) is 19.0. The van der Waals surface area contributed by atoms with Gasteiger partial charge in [0.05, 0.1) is 29.7 Å². The number of aldehydes is 1. The Morgan fingerprint density at radius 3 is 2.83 bits per heavy atom. The maximum absolute atomic E-state index is 13.4. The molecule has 29 heavy (non-hydrogen) atoms. The molecule has 0 bridgehead atoms. The van der Waals surface area contributed by atoms with E-state index in [1.807, 2.05) is 18.2 Å². The van der Waals surface area contributed by atoms with E-state index in [0.29, 0.717) is 47.8 Å². The lowest BCUT2D eigenvalue weighted by atomic mass is 10.1. The van der Waals surface area contributed by atoms with Crippen LogP contribution in [0.15, 0.2) is 58.6 Å². The van der Waals surface area contributed by atoms with Gasteiger partial charge in [0.2, 0.25) is 0 Å². The smallest absolute Gasteiger partial charge is 0.166 e. The first-order chi connectivity index (χ1) is 14.1. The summed E-state index contributed by atoms with van der Waals surface area (Å²) >= 11 is 0. The second-order valence-electron chi connectivity index (χ2n) is 6.12. The van der Waals surface area contributed by atoms with Crippen LogP contribution in [0.25, 0.3) is 10.9 Å². The number of carbonyl (C=O) groups is 1. The molecule has 2 aromatic carbocycles. The number of ether oxygens (including phenoxy) is 1. The van der Waals surface area contributed by atoms with Crippen LogP contribution in [-0.2, 0) is 4.79 Å². The fourth-order valence-corrected chi connectivity index (χ4v) is 2.57. The van der Waals surface area contributed by atoms with Gasteiger partial charge in [-0.2, -0.15) is 5.10 Å². The first-order valence-electron chi connectivity index (χ1n) is 8.89. The van der Waals surface area contributed by atoms with Gasteiger partial charge in [-0.05, 0) is 42.8 Å². The van der Waals surface area contributed by atoms with Crippen molar-refractivity contribution in [1.82, 2.24) is 4.98 Å². The summed E-state index contributed by atoms with van der Waals surface area (Å²) in [7, 11) is 0. The van der Waals surface area contributed by atoms with Crippen LogP contribution in [0.5, 0.6) is 11.5 Å². The van der Waals surface area contributed by atoms with E-state index in [4.69, 9.17) is 10.6 Å². The number of rotatable bonds is 8. The van der Waals surface area contributed by atoms with Crippen molar-refractivity contribution < 1.29 is 19.0 Å². The standard InChI is InChI=1S/C21H19FN4O3/c22-17-12-15(4-8-21(17)28)24-13-20(26-23)19-6-3-14-11-16(5-7-18(14)25-19)29-10-2-1-9-27/h3-9,11-13,28H,1-2,10,23H2. The van der Waals surface area contributed by atoms with Crippen molar-refractivity contribution in [2.75, 3.05) is 6.61 Å². The molecule has 0 aliphatic rings. The van der Waals surface area contributed by atoms with Crippen LogP contribution in [0.3, 0.4) is 0 Å². The maximum atomic E-state index is 13.4. The highest BCUT2D eigenvalue weighted by atomic mass is 19.1. The van der Waals surface area contributed by atoms with Crippen LogP contribution in [0.4, 0.5) is 10.1 Å². The number of phenols is 1. The van der Waals surface area contributed by atoms with Crippen LogP contribution in [0, 0.1) is 5.82 Å². The summed E-state index contributed by atoms with van der Waals surface area (Å²) in [6.07, 6.45) is 3.38. The molecule has 0 saturated carbocycles. The molecule has 3 aromatic rings. The number of halogens is 1. The molecule has 0 spiro atoms. The van der Waals surface area contributed by atoms with E-state index in [1.165, 1.54) is 18.3 Å². The SMILES string of the molecule is NN=C(C=Nc1ccc(O)c(F)c1)c1ccc2cc(OCCCC=O)ccc2n1. The number of nitrogens with two attached hydrogens (primary N) is 1. The number of carbonyl (C=O) groups excluding carboxylic acids is 1. The quantitative estimate of drug-likeness (QED) is 0.200. The molecule has 0 aliphatic carbocycles. The number of hydrazone groups is 1. The third kappa shape index (κ3) is 5.13. The molecule has 0 atom stereocenters. The van der Waals surface area contributed by atoms with E-state index in [1.54, 1.807) is 12.1 Å². The van der Waals surface area contributed by atoms with Crippen molar-refractivity contribution >= 4 is 34.8 Å². The molecule has 0 saturated heterocycles. The van der Waals surface area contributed by atoms with Crippen molar-refractivity contribution in [3.63, 3.8) is 0 Å². The summed E-state index contributed by atoms with van der Waals surface area (Å²) in [5.74, 6) is 4.95. The van der Waals surface area contributed by atoms with Crippen LogP contribution >= 0.6 is 0 Å². The molecule has 0 aliphatic heterocycles. The molecular weight excluding hydrogens is 375 g/mol. The number of phenolic OH excluding ortho intramolecular Hbond substituents is 1. The topological polar surface area (TPSA) is 110 Å². The summed E-state index contributed by atoms with van der Waals surface area (Å²) < 4.78 is 19.0. The van der Waals surface area contributed by atoms with Gasteiger partial charge in [-0.3, -0.25) is 4.99 Å². The van der Waals surface area contributed by atoms with Gasteiger partial charge in [-0.1, -0.05) is 6.07 Å². The van der Waals surface area contributed by atoms with Gasteiger partial charge in [0.15, 0.2) is 11.6 Å². The predicted octanol–water partition coefficient (Wildman–Crippen LogP) is 3.50. The Labute approximate surface area is 166 Å². The van der Waals surface area contributed by atoms with Gasteiger partial charge in [0.1, 0.15) is 17.7 Å². The number of fused-ring (bicyclic) bond motifs is 1. The van der Waals surface area contributed by atoms with Crippen LogP contribution in [-0.4, -0.2) is 34.9 Å². The minimum Gasteiger partial charge on any atom is -0.505 e. The van der Waals surface area contributed by atoms with Gasteiger partial charge in [-0.25, -0.2) is 9.37 Å². The molecule has 7 nitrogen and oxygen atoms in total. The highest BCUT2D eigenvalue weighted by molar-refractivity contribution is 6.38. The number of hydrogen-bond donors (Lipinski definition) is 2. The molecule has 0 unspecified atom stereocenters. The average molecular weight is 394 g/mol. The molecule has 3 rings (SSSR count). The highest BCUT2D eigenvalue weighted by Gasteiger charge is 2.07. The van der Waals surface area contributed by atoms with Gasteiger partial charge >= 0.3 is 0 Å². The molecule has 1 heterocycles. The Balaban J connectivity index is 1.77. The molecule has 0 fully saturated rings. The first-order valence-corrected chi connectivity index (χ1v) is 8.89. The zero-order chi connectivity index (χ0) is 20.6. The number of pyridine rings is 1. The van der Waals surface area contributed by atoms with Crippen molar-refractivity contribution in [3.8, 4) is 11.5 Å². The van der Waals surface area contributed by atoms with Gasteiger partial charge in [0, 0.05) is 17.9 Å². The zero-order valence-electron chi connectivity index (χ0n) is 15.5. The van der Waals surface area contributed by atoms with E-state index in [2.05, 4.69) is 15.1 Å². The minimum atomic E-state index is -0.765. The van der Waals surface area contributed by atoms with Gasteiger partial charge < -0.3 is 20.5 Å². The summed E-state index contributed by atoms with van der Waals surface area (Å²) in [6, 6.07) is 12.9. The second kappa shape index (κ2) is 9.41. The Morgan fingerprint density at radius 2 is 2.07 bits per heavy atom. The van der Waals surface area contributed by atoms with E-state index in [0.717, 1.165) is 17.7 Å². The fourth-order valence-electron chi connectivity index (χ4n) is 2.57. The monoisotopic (exact) mass is 394 g/mol. The number of aromatic nitrogens is 1. The third-order valence-corrected chi connectivity index (χ3v) is 4.06. The lowest BCUT2D eigenvalue weighted by Gasteiger charge is -2.07. The van der Waals surface area contributed by atoms with Gasteiger partial charge in [0.25, 0.3) is 0 Å². The number of unbranched alkanes of at least 4 members (excludes halogenated alkanes) is 1. The van der Waals surface area contributed by atoms with Crippen molar-refractivity contribution in [1.29, 1.82) is 0 Å². The van der Waals surface area contributed by atoms with Crippen molar-refractivity contribution in [3.05, 3.63) is 60.0 Å². The molecule has 3 N–H and O–H groups in total. The van der Waals surface area contributed by atoms with E-state index in [9.17, 15) is 14.3 Å². The molecule has 0 amide bonds. The number of aromatic hydroxyl groups is 1. The summed E-state index contributed by atoms with van der Waals surface area (Å²) in [6.45, 7) is 0.466. The van der Waals surface area contributed by atoms with E-state index < -0.39 is 11.6 Å². The van der Waals surface area contributed by atoms with Gasteiger partial charge in [-0.15, -0.1) is 0 Å². The van der Waals surface area contributed by atoms with Crippen molar-refractivity contribution in [2.24, 2.45) is 15.9 Å². The number of nitrogens with zero attached hydrogens (tertiary/aromatic N) is 3. The first kappa shape index (κ1) is 19.9. The Morgan fingerprint density at radius 1 is 1.21 bits per heavy atom. The lowest BCUT2D eigenvalue weighted by molar-refractivity contribution is -0.108.